The molecule has 7 heteroatoms. The average molecular weight is 315 g/mol. The van der Waals surface area contributed by atoms with Crippen LogP contribution >= 0.6 is 11.6 Å². The van der Waals surface area contributed by atoms with Gasteiger partial charge < -0.3 is 14.0 Å². The summed E-state index contributed by atoms with van der Waals surface area (Å²) in [6.45, 7) is 7.67. The van der Waals surface area contributed by atoms with Gasteiger partial charge in [-0.15, -0.1) is 11.6 Å². The second-order valence-corrected chi connectivity index (χ2v) is 5.11. The van der Waals surface area contributed by atoms with Crippen LogP contribution in [0.2, 0.25) is 0 Å². The van der Waals surface area contributed by atoms with E-state index in [1.165, 1.54) is 0 Å². The predicted octanol–water partition coefficient (Wildman–Crippen LogP) is 2.35. The summed E-state index contributed by atoms with van der Waals surface area (Å²) in [4.78, 5) is 4.61. The van der Waals surface area contributed by atoms with Gasteiger partial charge in [0.05, 0.1) is 24.8 Å². The summed E-state index contributed by atoms with van der Waals surface area (Å²) < 4.78 is 14.6. The molecule has 0 N–H and O–H groups in total. The van der Waals surface area contributed by atoms with Gasteiger partial charge in [0.25, 0.3) is 0 Å². The molecular weight excluding hydrogens is 292 g/mol. The summed E-state index contributed by atoms with van der Waals surface area (Å²) in [6.07, 6.45) is 0.910. The molecule has 2 aromatic heterocycles. The van der Waals surface area contributed by atoms with Gasteiger partial charge in [0.15, 0.2) is 5.65 Å². The molecule has 0 fully saturated rings. The molecule has 0 aliphatic rings. The number of fused-ring (bicyclic) bond motifs is 1. The zero-order chi connectivity index (χ0) is 15.2. The molecule has 0 aromatic carbocycles. The lowest BCUT2D eigenvalue weighted by atomic mass is 10.4. The van der Waals surface area contributed by atoms with Crippen LogP contribution in [-0.4, -0.2) is 46.3 Å². The molecule has 2 aromatic rings. The Morgan fingerprint density at radius 2 is 2.05 bits per heavy atom. The second-order valence-electron chi connectivity index (χ2n) is 4.85. The van der Waals surface area contributed by atoms with E-state index in [0.717, 1.165) is 42.2 Å². The van der Waals surface area contributed by atoms with E-state index in [9.17, 15) is 0 Å². The van der Waals surface area contributed by atoms with Crippen LogP contribution in [0.25, 0.3) is 11.2 Å². The minimum Gasteiger partial charge on any atom is -0.382 e. The van der Waals surface area contributed by atoms with E-state index in [1.54, 1.807) is 7.11 Å². The number of imidazole rings is 1. The number of nitrogens with zero attached hydrogens (tertiary/aromatic N) is 4. The second kappa shape index (κ2) is 7.77. The Morgan fingerprint density at radius 3 is 2.71 bits per heavy atom. The Hall–Kier alpha value is -1.11. The lowest BCUT2D eigenvalue weighted by Crippen LogP contribution is -2.11. The maximum Gasteiger partial charge on any atom is 0.158 e. The summed E-state index contributed by atoms with van der Waals surface area (Å²) in [5.74, 6) is 1.30. The summed E-state index contributed by atoms with van der Waals surface area (Å²) in [5, 5.41) is 4.52. The molecule has 118 valence electrons. The van der Waals surface area contributed by atoms with Crippen molar-refractivity contribution in [2.45, 2.75) is 39.2 Å². The van der Waals surface area contributed by atoms with Crippen molar-refractivity contribution in [2.75, 3.05) is 26.9 Å². The zero-order valence-corrected chi connectivity index (χ0v) is 13.7. The fourth-order valence-corrected chi connectivity index (χ4v) is 2.60. The molecule has 0 spiro atoms. The SMILES string of the molecule is CCn1nc(C)c2nc(CCl)n(CCCOCCOC)c21. The molecule has 21 heavy (non-hydrogen) atoms. The van der Waals surface area contributed by atoms with E-state index in [2.05, 4.69) is 21.6 Å². The van der Waals surface area contributed by atoms with E-state index in [1.807, 2.05) is 11.6 Å². The number of halogens is 1. The molecule has 0 amide bonds. The monoisotopic (exact) mass is 314 g/mol. The van der Waals surface area contributed by atoms with E-state index >= 15 is 0 Å². The van der Waals surface area contributed by atoms with E-state index in [-0.39, 0.29) is 0 Å². The minimum absolute atomic E-state index is 0.405. The molecule has 0 atom stereocenters. The third-order valence-corrected chi connectivity index (χ3v) is 3.64. The summed E-state index contributed by atoms with van der Waals surface area (Å²) >= 11 is 6.03. The smallest absolute Gasteiger partial charge is 0.158 e. The molecule has 0 radical (unpaired) electrons. The van der Waals surface area contributed by atoms with Gasteiger partial charge in [0.2, 0.25) is 0 Å². The van der Waals surface area contributed by atoms with Crippen molar-refractivity contribution in [3.63, 3.8) is 0 Å². The zero-order valence-electron chi connectivity index (χ0n) is 12.9. The van der Waals surface area contributed by atoms with E-state index in [0.29, 0.717) is 25.7 Å². The van der Waals surface area contributed by atoms with Crippen molar-refractivity contribution >= 4 is 22.8 Å². The Bertz CT molecular complexity index is 579. The van der Waals surface area contributed by atoms with Crippen LogP contribution in [0.3, 0.4) is 0 Å². The number of hydrogen-bond acceptors (Lipinski definition) is 4. The number of aryl methyl sites for hydroxylation is 3. The van der Waals surface area contributed by atoms with Gasteiger partial charge in [-0.2, -0.15) is 5.10 Å². The van der Waals surface area contributed by atoms with Crippen LogP contribution in [0.4, 0.5) is 0 Å². The van der Waals surface area contributed by atoms with Crippen LogP contribution in [0, 0.1) is 6.92 Å². The van der Waals surface area contributed by atoms with Crippen molar-refractivity contribution in [3.8, 4) is 0 Å². The van der Waals surface area contributed by atoms with Crippen molar-refractivity contribution in [3.05, 3.63) is 11.5 Å². The number of rotatable bonds is 9. The fraction of sp³-hybridized carbons (Fsp3) is 0.714. The van der Waals surface area contributed by atoms with Crippen LogP contribution in [0.1, 0.15) is 24.9 Å². The molecule has 0 aliphatic heterocycles. The van der Waals surface area contributed by atoms with Gasteiger partial charge in [-0.1, -0.05) is 0 Å². The minimum atomic E-state index is 0.405. The molecule has 0 saturated heterocycles. The van der Waals surface area contributed by atoms with Gasteiger partial charge in [-0.05, 0) is 20.3 Å². The molecule has 0 aliphatic carbocycles. The van der Waals surface area contributed by atoms with Gasteiger partial charge in [-0.25, -0.2) is 9.67 Å². The molecule has 6 nitrogen and oxygen atoms in total. The van der Waals surface area contributed by atoms with Gasteiger partial charge in [0, 0.05) is 26.8 Å². The van der Waals surface area contributed by atoms with Gasteiger partial charge in [0.1, 0.15) is 11.3 Å². The van der Waals surface area contributed by atoms with Crippen molar-refractivity contribution in [1.82, 2.24) is 19.3 Å². The number of alkyl halides is 1. The third kappa shape index (κ3) is 3.56. The molecule has 2 heterocycles. The largest absolute Gasteiger partial charge is 0.382 e. The number of ether oxygens (including phenoxy) is 2. The molecule has 0 saturated carbocycles. The highest BCUT2D eigenvalue weighted by Gasteiger charge is 2.17. The van der Waals surface area contributed by atoms with Crippen molar-refractivity contribution in [2.24, 2.45) is 0 Å². The number of aromatic nitrogens is 4. The topological polar surface area (TPSA) is 54.1 Å². The van der Waals surface area contributed by atoms with Gasteiger partial charge in [-0.3, -0.25) is 0 Å². The average Bonchev–Trinajstić information content (AvgIpc) is 3.00. The Morgan fingerprint density at radius 1 is 1.24 bits per heavy atom. The normalized spacial score (nSPS) is 11.6. The Kier molecular flexibility index (Phi) is 6.02. The van der Waals surface area contributed by atoms with Crippen LogP contribution < -0.4 is 0 Å². The first kappa shape index (κ1) is 16.3. The summed E-state index contributed by atoms with van der Waals surface area (Å²) in [6, 6.07) is 0. The molecule has 0 unspecified atom stereocenters. The first-order valence-electron chi connectivity index (χ1n) is 7.28. The first-order valence-corrected chi connectivity index (χ1v) is 7.81. The van der Waals surface area contributed by atoms with Crippen LogP contribution in [-0.2, 0) is 28.4 Å². The third-order valence-electron chi connectivity index (χ3n) is 3.40. The van der Waals surface area contributed by atoms with Crippen LogP contribution in [0.15, 0.2) is 0 Å². The van der Waals surface area contributed by atoms with Crippen molar-refractivity contribution in [1.29, 1.82) is 0 Å². The number of methoxy groups -OCH3 is 1. The lowest BCUT2D eigenvalue weighted by molar-refractivity contribution is 0.0680. The standard InChI is InChI=1S/C14H23ClN4O2/c1-4-19-14-13(11(2)17-19)16-12(10-15)18(14)6-5-7-21-9-8-20-3/h4-10H2,1-3H3. The fourth-order valence-electron chi connectivity index (χ4n) is 2.40. The number of hydrogen-bond donors (Lipinski definition) is 0. The van der Waals surface area contributed by atoms with E-state index < -0.39 is 0 Å². The Balaban J connectivity index is 2.10. The van der Waals surface area contributed by atoms with Crippen LogP contribution in [0.5, 0.6) is 0 Å². The summed E-state index contributed by atoms with van der Waals surface area (Å²) in [5.41, 5.74) is 2.96. The highest BCUT2D eigenvalue weighted by Crippen LogP contribution is 2.21. The Labute approximate surface area is 130 Å². The van der Waals surface area contributed by atoms with Crippen molar-refractivity contribution < 1.29 is 9.47 Å². The molecular formula is C14H23ClN4O2. The van der Waals surface area contributed by atoms with Gasteiger partial charge >= 0.3 is 0 Å². The highest BCUT2D eigenvalue weighted by molar-refractivity contribution is 6.16. The molecule has 2 rings (SSSR count). The maximum absolute atomic E-state index is 6.03. The first-order chi connectivity index (χ1) is 10.2. The predicted molar refractivity (Wildman–Crippen MR) is 82.8 cm³/mol. The van der Waals surface area contributed by atoms with E-state index in [4.69, 9.17) is 21.1 Å². The summed E-state index contributed by atoms with van der Waals surface area (Å²) in [7, 11) is 1.67. The quantitative estimate of drug-likeness (QED) is 0.526. The highest BCUT2D eigenvalue weighted by atomic mass is 35.5. The lowest BCUT2D eigenvalue weighted by Gasteiger charge is -2.09. The molecule has 0 bridgehead atoms. The maximum atomic E-state index is 6.03.